The third kappa shape index (κ3) is 4.74. The molecule has 29 heavy (non-hydrogen) atoms. The molecular weight excluding hydrogens is 370 g/mol. The summed E-state index contributed by atoms with van der Waals surface area (Å²) < 4.78 is 5.53. The molecule has 1 aliphatic heterocycles. The zero-order chi connectivity index (χ0) is 21.0. The van der Waals surface area contributed by atoms with Crippen LogP contribution in [0.15, 0.2) is 48.5 Å². The minimum Gasteiger partial charge on any atom is -0.479 e. The van der Waals surface area contributed by atoms with E-state index in [4.69, 9.17) is 4.74 Å². The van der Waals surface area contributed by atoms with Crippen molar-refractivity contribution < 1.29 is 19.1 Å². The van der Waals surface area contributed by atoms with Crippen LogP contribution in [0.4, 0.5) is 11.4 Å². The molecule has 0 fully saturated rings. The largest absolute Gasteiger partial charge is 0.479 e. The van der Waals surface area contributed by atoms with Crippen LogP contribution in [0.25, 0.3) is 0 Å². The van der Waals surface area contributed by atoms with Gasteiger partial charge in [-0.3, -0.25) is 14.4 Å². The van der Waals surface area contributed by atoms with E-state index in [1.807, 2.05) is 19.9 Å². The van der Waals surface area contributed by atoms with E-state index in [2.05, 4.69) is 16.0 Å². The van der Waals surface area contributed by atoms with Crippen LogP contribution in [0.5, 0.6) is 5.75 Å². The molecule has 152 valence electrons. The predicted molar refractivity (Wildman–Crippen MR) is 111 cm³/mol. The second-order valence-electron chi connectivity index (χ2n) is 7.15. The Labute approximate surface area is 169 Å². The maximum atomic E-state index is 12.9. The number of nitrogens with one attached hydrogen (secondary N) is 3. The molecule has 0 spiro atoms. The maximum absolute atomic E-state index is 12.9. The van der Waals surface area contributed by atoms with Crippen LogP contribution in [-0.2, 0) is 9.59 Å². The summed E-state index contributed by atoms with van der Waals surface area (Å²) >= 11 is 0. The third-order valence-electron chi connectivity index (χ3n) is 5.00. The zero-order valence-electron chi connectivity index (χ0n) is 16.7. The lowest BCUT2D eigenvalue weighted by Crippen LogP contribution is -2.47. The van der Waals surface area contributed by atoms with Gasteiger partial charge in [-0.25, -0.2) is 0 Å². The van der Waals surface area contributed by atoms with Gasteiger partial charge in [0.25, 0.3) is 11.8 Å². The minimum absolute atomic E-state index is 0.0656. The van der Waals surface area contributed by atoms with Gasteiger partial charge in [0.15, 0.2) is 6.10 Å². The molecular formula is C22H25N3O4. The number of fused-ring (bicyclic) bond motifs is 1. The summed E-state index contributed by atoms with van der Waals surface area (Å²) in [6.45, 7) is 5.55. The molecule has 0 saturated carbocycles. The van der Waals surface area contributed by atoms with E-state index in [0.717, 1.165) is 6.42 Å². The number of carbonyl (C=O) groups is 3. The van der Waals surface area contributed by atoms with Gasteiger partial charge in [0.05, 0.1) is 5.69 Å². The van der Waals surface area contributed by atoms with E-state index in [1.165, 1.54) is 0 Å². The lowest BCUT2D eigenvalue weighted by molar-refractivity contribution is -0.122. The van der Waals surface area contributed by atoms with Crippen molar-refractivity contribution in [2.75, 3.05) is 10.6 Å². The summed E-state index contributed by atoms with van der Waals surface area (Å²) in [5, 5.41) is 8.42. The van der Waals surface area contributed by atoms with Crippen molar-refractivity contribution in [1.82, 2.24) is 5.32 Å². The average molecular weight is 395 g/mol. The number of amides is 3. The highest BCUT2D eigenvalue weighted by Crippen LogP contribution is 2.32. The van der Waals surface area contributed by atoms with Gasteiger partial charge in [0, 0.05) is 11.3 Å². The van der Waals surface area contributed by atoms with Crippen LogP contribution in [-0.4, -0.2) is 29.9 Å². The first-order valence-corrected chi connectivity index (χ1v) is 9.67. The quantitative estimate of drug-likeness (QED) is 0.700. The Kier molecular flexibility index (Phi) is 6.16. The molecule has 1 heterocycles. The standard InChI is InChI=1S/C22H25N3O4/c1-4-13(2)19(25-21(27)15-8-6-5-7-9-15)22(28)23-16-10-11-18-17(12-16)24-20(26)14(3)29-18/h5-14,19H,4H2,1-3H3,(H,23,28)(H,24,26)(H,25,27)/t13-,14-,19-/m0/s1. The first-order valence-electron chi connectivity index (χ1n) is 9.67. The summed E-state index contributed by atoms with van der Waals surface area (Å²) in [4.78, 5) is 37.3. The van der Waals surface area contributed by atoms with E-state index >= 15 is 0 Å². The number of hydrogen-bond acceptors (Lipinski definition) is 4. The Morgan fingerprint density at radius 1 is 1.17 bits per heavy atom. The molecule has 7 nitrogen and oxygen atoms in total. The fourth-order valence-corrected chi connectivity index (χ4v) is 3.02. The molecule has 0 unspecified atom stereocenters. The van der Waals surface area contributed by atoms with Gasteiger partial charge in [0.1, 0.15) is 11.8 Å². The number of hydrogen-bond donors (Lipinski definition) is 3. The second-order valence-corrected chi connectivity index (χ2v) is 7.15. The number of benzene rings is 2. The highest BCUT2D eigenvalue weighted by atomic mass is 16.5. The minimum atomic E-state index is -0.699. The van der Waals surface area contributed by atoms with Crippen molar-refractivity contribution in [3.05, 3.63) is 54.1 Å². The molecule has 1 aliphatic rings. The van der Waals surface area contributed by atoms with Gasteiger partial charge in [0.2, 0.25) is 5.91 Å². The predicted octanol–water partition coefficient (Wildman–Crippen LogP) is 3.19. The van der Waals surface area contributed by atoms with Crippen LogP contribution in [0.2, 0.25) is 0 Å². The fourth-order valence-electron chi connectivity index (χ4n) is 3.02. The Balaban J connectivity index is 1.74. The summed E-state index contributed by atoms with van der Waals surface area (Å²) in [7, 11) is 0. The molecule has 0 aliphatic carbocycles. The van der Waals surface area contributed by atoms with Crippen molar-refractivity contribution in [2.24, 2.45) is 5.92 Å². The maximum Gasteiger partial charge on any atom is 0.265 e. The van der Waals surface area contributed by atoms with E-state index in [0.29, 0.717) is 22.7 Å². The van der Waals surface area contributed by atoms with E-state index in [1.54, 1.807) is 49.4 Å². The summed E-state index contributed by atoms with van der Waals surface area (Å²) in [5.74, 6) is -0.380. The SMILES string of the molecule is CC[C@H](C)[C@H](NC(=O)c1ccccc1)C(=O)Nc1ccc2c(c1)NC(=O)[C@H](C)O2. The average Bonchev–Trinajstić information content (AvgIpc) is 2.72. The zero-order valence-corrected chi connectivity index (χ0v) is 16.7. The van der Waals surface area contributed by atoms with Crippen LogP contribution in [0.1, 0.15) is 37.6 Å². The topological polar surface area (TPSA) is 96.5 Å². The first kappa shape index (κ1) is 20.4. The van der Waals surface area contributed by atoms with Gasteiger partial charge in [-0.1, -0.05) is 38.5 Å². The molecule has 3 amide bonds. The van der Waals surface area contributed by atoms with Crippen LogP contribution in [0.3, 0.4) is 0 Å². The number of ether oxygens (including phenoxy) is 1. The molecule has 0 aromatic heterocycles. The van der Waals surface area contributed by atoms with Gasteiger partial charge in [-0.2, -0.15) is 0 Å². The monoisotopic (exact) mass is 395 g/mol. The Morgan fingerprint density at radius 2 is 1.90 bits per heavy atom. The molecule has 0 radical (unpaired) electrons. The van der Waals surface area contributed by atoms with Gasteiger partial charge in [-0.15, -0.1) is 0 Å². The fraction of sp³-hybridized carbons (Fsp3) is 0.318. The summed E-state index contributed by atoms with van der Waals surface area (Å²) in [5.41, 5.74) is 1.50. The Morgan fingerprint density at radius 3 is 2.59 bits per heavy atom. The molecule has 3 atom stereocenters. The molecule has 3 rings (SSSR count). The molecule has 0 saturated heterocycles. The molecule has 7 heteroatoms. The number of rotatable bonds is 6. The molecule has 2 aromatic carbocycles. The summed E-state index contributed by atoms with van der Waals surface area (Å²) in [6.07, 6.45) is 0.157. The molecule has 0 bridgehead atoms. The van der Waals surface area contributed by atoms with Gasteiger partial charge >= 0.3 is 0 Å². The molecule has 3 N–H and O–H groups in total. The van der Waals surface area contributed by atoms with E-state index in [9.17, 15) is 14.4 Å². The lowest BCUT2D eigenvalue weighted by atomic mass is 9.97. The highest BCUT2D eigenvalue weighted by Gasteiger charge is 2.28. The van der Waals surface area contributed by atoms with Crippen molar-refractivity contribution in [3.8, 4) is 5.75 Å². The van der Waals surface area contributed by atoms with Crippen LogP contribution >= 0.6 is 0 Å². The van der Waals surface area contributed by atoms with Crippen molar-refractivity contribution >= 4 is 29.1 Å². The van der Waals surface area contributed by atoms with E-state index < -0.39 is 12.1 Å². The van der Waals surface area contributed by atoms with Crippen LogP contribution in [0, 0.1) is 5.92 Å². The normalized spacial score (nSPS) is 17.2. The smallest absolute Gasteiger partial charge is 0.265 e. The second kappa shape index (κ2) is 8.77. The van der Waals surface area contributed by atoms with Crippen molar-refractivity contribution in [1.29, 1.82) is 0 Å². The molecule has 2 aromatic rings. The summed E-state index contributed by atoms with van der Waals surface area (Å²) in [6, 6.07) is 13.1. The van der Waals surface area contributed by atoms with Crippen molar-refractivity contribution in [3.63, 3.8) is 0 Å². The number of carbonyl (C=O) groups excluding carboxylic acids is 3. The highest BCUT2D eigenvalue weighted by molar-refractivity contribution is 6.02. The Hall–Kier alpha value is -3.35. The van der Waals surface area contributed by atoms with Crippen LogP contribution < -0.4 is 20.7 Å². The Bertz CT molecular complexity index is 914. The number of anilines is 2. The van der Waals surface area contributed by atoms with E-state index in [-0.39, 0.29) is 23.6 Å². The van der Waals surface area contributed by atoms with Gasteiger partial charge in [-0.05, 0) is 43.2 Å². The van der Waals surface area contributed by atoms with Crippen molar-refractivity contribution in [2.45, 2.75) is 39.3 Å². The third-order valence-corrected chi connectivity index (χ3v) is 5.00. The first-order chi connectivity index (χ1) is 13.9. The lowest BCUT2D eigenvalue weighted by Gasteiger charge is -2.25. The van der Waals surface area contributed by atoms with Gasteiger partial charge < -0.3 is 20.7 Å².